The molecule has 3 aliphatic rings. The van der Waals surface area contributed by atoms with Crippen molar-refractivity contribution in [1.82, 2.24) is 31.5 Å². The van der Waals surface area contributed by atoms with Gasteiger partial charge in [-0.25, -0.2) is 0 Å². The van der Waals surface area contributed by atoms with Gasteiger partial charge in [-0.3, -0.25) is 33.6 Å². The van der Waals surface area contributed by atoms with E-state index in [4.69, 9.17) is 10.5 Å². The highest BCUT2D eigenvalue weighted by Gasteiger charge is 2.45. The highest BCUT2D eigenvalue weighted by atomic mass is 16.5. The van der Waals surface area contributed by atoms with Gasteiger partial charge in [-0.2, -0.15) is 0 Å². The smallest absolute Gasteiger partial charge is 0.307 e. The number of carboxylic acids is 1. The van der Waals surface area contributed by atoms with Gasteiger partial charge in [0, 0.05) is 57.8 Å². The molecule has 8 N–H and O–H groups in total. The van der Waals surface area contributed by atoms with E-state index in [1.807, 2.05) is 78.9 Å². The van der Waals surface area contributed by atoms with Crippen molar-refractivity contribution in [2.75, 3.05) is 45.9 Å². The molecule has 1 saturated heterocycles. The van der Waals surface area contributed by atoms with Crippen LogP contribution in [0.15, 0.2) is 115 Å². The number of carboxylic acid groups (broad SMARTS) is 1. The van der Waals surface area contributed by atoms with E-state index >= 15 is 0 Å². The van der Waals surface area contributed by atoms with Crippen LogP contribution < -0.4 is 32.3 Å². The highest BCUT2D eigenvalue weighted by molar-refractivity contribution is 5.97. The molecule has 2 heterocycles. The fourth-order valence-corrected chi connectivity index (χ4v) is 9.17. The Labute approximate surface area is 401 Å². The Kier molecular flexibility index (Phi) is 17.1. The third-order valence-corrected chi connectivity index (χ3v) is 13.0. The van der Waals surface area contributed by atoms with Gasteiger partial charge < -0.3 is 47.1 Å². The second-order valence-corrected chi connectivity index (χ2v) is 18.0. The van der Waals surface area contributed by atoms with Crippen molar-refractivity contribution in [3.63, 3.8) is 0 Å². The van der Waals surface area contributed by atoms with E-state index < -0.39 is 53.0 Å². The van der Waals surface area contributed by atoms with Gasteiger partial charge >= 0.3 is 5.97 Å². The van der Waals surface area contributed by atoms with Crippen LogP contribution in [0.4, 0.5) is 0 Å². The second kappa shape index (κ2) is 23.7. The van der Waals surface area contributed by atoms with Gasteiger partial charge in [0.05, 0.1) is 31.0 Å². The maximum atomic E-state index is 15.0. The van der Waals surface area contributed by atoms with Crippen LogP contribution in [0, 0.1) is 11.3 Å². The first kappa shape index (κ1) is 49.7. The lowest BCUT2D eigenvalue weighted by atomic mass is 9.74. The minimum Gasteiger partial charge on any atom is -0.481 e. The van der Waals surface area contributed by atoms with E-state index in [1.54, 1.807) is 29.2 Å². The number of fused-ring (bicyclic) bond motifs is 3. The zero-order valence-corrected chi connectivity index (χ0v) is 38.6. The Morgan fingerprint density at radius 3 is 2.23 bits per heavy atom. The second-order valence-electron chi connectivity index (χ2n) is 18.0. The van der Waals surface area contributed by atoms with Gasteiger partial charge in [0.1, 0.15) is 12.1 Å². The zero-order valence-electron chi connectivity index (χ0n) is 38.6. The van der Waals surface area contributed by atoms with Gasteiger partial charge in [0.15, 0.2) is 0 Å². The minimum absolute atomic E-state index is 0.00341. The maximum Gasteiger partial charge on any atom is 0.307 e. The minimum atomic E-state index is -1.13. The number of hydrogen-bond donors (Lipinski definition) is 7. The zero-order chi connectivity index (χ0) is 48.8. The summed E-state index contributed by atoms with van der Waals surface area (Å²) in [7, 11) is 0. The summed E-state index contributed by atoms with van der Waals surface area (Å²) in [6.45, 7) is 1.47. The number of benzene rings is 4. The molecule has 0 aromatic heterocycles. The highest BCUT2D eigenvalue weighted by Crippen LogP contribution is 2.47. The van der Waals surface area contributed by atoms with Crippen LogP contribution in [-0.2, 0) is 64.1 Å². The Morgan fingerprint density at radius 1 is 0.812 bits per heavy atom. The number of nitrogens with one attached hydrogen (secondary N) is 5. The van der Waals surface area contributed by atoms with E-state index in [9.17, 15) is 38.7 Å². The van der Waals surface area contributed by atoms with Crippen LogP contribution in [0.2, 0.25) is 0 Å². The van der Waals surface area contributed by atoms with Gasteiger partial charge in [-0.1, -0.05) is 103 Å². The Balaban J connectivity index is 1.16. The van der Waals surface area contributed by atoms with Crippen LogP contribution in [0.1, 0.15) is 59.4 Å². The van der Waals surface area contributed by atoms with E-state index in [-0.39, 0.29) is 76.2 Å². The average molecular weight is 940 g/mol. The molecule has 16 nitrogen and oxygen atoms in total. The summed E-state index contributed by atoms with van der Waals surface area (Å²) >= 11 is 0. The lowest BCUT2D eigenvalue weighted by molar-refractivity contribution is -0.142. The van der Waals surface area contributed by atoms with Crippen LogP contribution in [0.25, 0.3) is 11.1 Å². The molecule has 2 aliphatic heterocycles. The summed E-state index contributed by atoms with van der Waals surface area (Å²) in [5.41, 5.74) is 10.2. The molecule has 4 aromatic carbocycles. The van der Waals surface area contributed by atoms with Crippen LogP contribution in [-0.4, -0.2) is 109 Å². The molecule has 5 atom stereocenters. The predicted octanol–water partition coefficient (Wildman–Crippen LogP) is 2.93. The first-order valence-electron chi connectivity index (χ1n) is 23.6. The number of ether oxygens (including phenoxy) is 1. The summed E-state index contributed by atoms with van der Waals surface area (Å²) in [4.78, 5) is 96.2. The number of amides is 6. The van der Waals surface area contributed by atoms with E-state index in [0.29, 0.717) is 50.1 Å². The number of piperidine rings is 1. The summed E-state index contributed by atoms with van der Waals surface area (Å²) in [6, 6.07) is 30.2. The molecule has 2 bridgehead atoms. The largest absolute Gasteiger partial charge is 0.481 e. The van der Waals surface area contributed by atoms with Gasteiger partial charge in [0.2, 0.25) is 35.4 Å². The van der Waals surface area contributed by atoms with Crippen molar-refractivity contribution < 1.29 is 43.4 Å². The number of nitrogens with two attached hydrogens (primary N) is 1. The molecule has 0 spiro atoms. The molecule has 16 heteroatoms. The Hall–Kier alpha value is -7.17. The number of nitrogens with zero attached hydrogens (tertiary/aromatic N) is 1. The van der Waals surface area contributed by atoms with E-state index in [0.717, 1.165) is 33.9 Å². The summed E-state index contributed by atoms with van der Waals surface area (Å²) in [5, 5.41) is 23.8. The first-order chi connectivity index (χ1) is 33.4. The van der Waals surface area contributed by atoms with Gasteiger partial charge in [-0.05, 0) is 77.0 Å². The van der Waals surface area contributed by atoms with Crippen molar-refractivity contribution in [3.05, 3.63) is 143 Å². The third kappa shape index (κ3) is 13.7. The lowest BCUT2D eigenvalue weighted by Gasteiger charge is -2.42. The summed E-state index contributed by atoms with van der Waals surface area (Å²) in [5.74, 6) is -3.91. The van der Waals surface area contributed by atoms with E-state index in [1.165, 1.54) is 6.08 Å². The predicted molar refractivity (Wildman–Crippen MR) is 258 cm³/mol. The standard InChI is InChI=1S/C53H61N7O9/c54-23-27-69-28-25-56-49(64)44-21-24-55-46(61)19-20-48(63)60-26-6-22-53(34-60,32-36-7-2-1-3-8-36)52(68)59-45(50(65)57-33-41-10-5-4-9-40(41)30-47(62)58-44)29-35-11-13-37(14-12-35)38-15-17-39(18-16-38)42-31-43(42)51(66)67/h1-5,7-20,42-45H,6,21-34,54H2,(H,55,61)(H,56,64)(H,57,65)(H,58,62)(H,59,68)(H,66,67)/b20-19+/t42-,43+,44+,45+,53+/m1/s1. The third-order valence-electron chi connectivity index (χ3n) is 13.0. The van der Waals surface area contributed by atoms with Crippen molar-refractivity contribution in [3.8, 4) is 11.1 Å². The number of rotatable bonds is 13. The first-order valence-corrected chi connectivity index (χ1v) is 23.6. The molecular formula is C53H61N7O9. The van der Waals surface area contributed by atoms with Crippen molar-refractivity contribution in [1.29, 1.82) is 0 Å². The topological polar surface area (TPSA) is 238 Å². The molecule has 2 fully saturated rings. The molecule has 0 unspecified atom stereocenters. The van der Waals surface area contributed by atoms with Gasteiger partial charge in [0.25, 0.3) is 0 Å². The van der Waals surface area contributed by atoms with Crippen molar-refractivity contribution in [2.24, 2.45) is 17.1 Å². The Morgan fingerprint density at radius 2 is 1.52 bits per heavy atom. The number of hydrogen-bond acceptors (Lipinski definition) is 9. The van der Waals surface area contributed by atoms with Crippen LogP contribution >= 0.6 is 0 Å². The van der Waals surface area contributed by atoms with Crippen LogP contribution in [0.5, 0.6) is 0 Å². The normalized spacial score (nSPS) is 23.1. The summed E-state index contributed by atoms with van der Waals surface area (Å²) in [6.07, 6.45) is 4.19. The fraction of sp³-hybridized carbons (Fsp3) is 0.377. The molecule has 4 aromatic rings. The monoisotopic (exact) mass is 939 g/mol. The molecule has 0 radical (unpaired) electrons. The summed E-state index contributed by atoms with van der Waals surface area (Å²) < 4.78 is 5.37. The van der Waals surface area contributed by atoms with E-state index in [2.05, 4.69) is 26.6 Å². The fourth-order valence-electron chi connectivity index (χ4n) is 9.17. The molecule has 6 amide bonds. The molecule has 69 heavy (non-hydrogen) atoms. The quantitative estimate of drug-likeness (QED) is 0.0968. The number of aliphatic carboxylic acids is 1. The lowest BCUT2D eigenvalue weighted by Crippen LogP contribution is -2.58. The molecule has 1 saturated carbocycles. The van der Waals surface area contributed by atoms with Crippen molar-refractivity contribution >= 4 is 41.4 Å². The SMILES string of the molecule is NCCOCCNC(=O)[C@@H]1CCNC(=O)/C=C/C(=O)N2CCC[C@](Cc3ccccc3)(C2)C(=O)N[C@@H](Cc2ccc(-c3ccc([C@H]4C[C@@H]4C(=O)O)cc3)cc2)C(=O)NCc2ccccc2CC(=O)N1. The number of carbonyl (C=O) groups excluding carboxylic acids is 6. The van der Waals surface area contributed by atoms with Gasteiger partial charge in [-0.15, -0.1) is 0 Å². The molecule has 7 rings (SSSR count). The van der Waals surface area contributed by atoms with Crippen molar-refractivity contribution in [2.45, 2.75) is 69.5 Å². The molecular weight excluding hydrogens is 879 g/mol. The number of carbonyl (C=O) groups is 7. The molecule has 1 aliphatic carbocycles. The average Bonchev–Trinajstić information content (AvgIpc) is 4.17. The molecule has 362 valence electrons. The maximum absolute atomic E-state index is 15.0. The van der Waals surface area contributed by atoms with Crippen LogP contribution in [0.3, 0.4) is 0 Å². The Bertz CT molecular complexity index is 2500.